The van der Waals surface area contributed by atoms with Gasteiger partial charge in [0.2, 0.25) is 0 Å². The van der Waals surface area contributed by atoms with E-state index in [-0.39, 0.29) is 6.04 Å². The molecule has 1 saturated heterocycles. The molecule has 0 unspecified atom stereocenters. The fraction of sp³-hybridized carbons (Fsp3) is 0.379. The molecule has 172 valence electrons. The summed E-state index contributed by atoms with van der Waals surface area (Å²) in [6, 6.07) is 25.4. The van der Waals surface area contributed by atoms with E-state index >= 15 is 0 Å². The third-order valence-electron chi connectivity index (χ3n) is 7.01. The number of hydrogen-bond donors (Lipinski definition) is 1. The van der Waals surface area contributed by atoms with Crippen LogP contribution in [-0.2, 0) is 19.6 Å². The fourth-order valence-electron chi connectivity index (χ4n) is 5.43. The number of fused-ring (bicyclic) bond motifs is 3. The summed E-state index contributed by atoms with van der Waals surface area (Å²) >= 11 is 0. The zero-order chi connectivity index (χ0) is 22.8. The molecular formula is C29H33NO3. The van der Waals surface area contributed by atoms with E-state index in [0.29, 0.717) is 19.3 Å². The van der Waals surface area contributed by atoms with Gasteiger partial charge in [-0.05, 0) is 67.5 Å². The number of hydrogen-bond acceptors (Lipinski definition) is 4. The normalized spacial score (nSPS) is 24.6. The molecule has 0 radical (unpaired) electrons. The van der Waals surface area contributed by atoms with Crippen LogP contribution in [0.5, 0.6) is 11.5 Å². The molecule has 4 heteroatoms. The highest BCUT2D eigenvalue weighted by molar-refractivity contribution is 5.50. The molecule has 0 spiro atoms. The minimum Gasteiger partial charge on any atom is -0.485 e. The fourth-order valence-corrected chi connectivity index (χ4v) is 5.43. The van der Waals surface area contributed by atoms with Crippen molar-refractivity contribution >= 4 is 0 Å². The van der Waals surface area contributed by atoms with Crippen molar-refractivity contribution in [3.63, 3.8) is 0 Å². The maximum Gasteiger partial charge on any atom is 0.162 e. The quantitative estimate of drug-likeness (QED) is 0.532. The van der Waals surface area contributed by atoms with Crippen molar-refractivity contribution in [2.45, 2.75) is 64.0 Å². The number of piperidine rings is 1. The van der Waals surface area contributed by atoms with Gasteiger partial charge in [-0.25, -0.2) is 0 Å². The van der Waals surface area contributed by atoms with Crippen LogP contribution in [0.15, 0.2) is 72.8 Å². The van der Waals surface area contributed by atoms with E-state index in [1.54, 1.807) is 0 Å². The maximum absolute atomic E-state index is 10.9. The third-order valence-corrected chi connectivity index (χ3v) is 7.01. The van der Waals surface area contributed by atoms with Gasteiger partial charge >= 0.3 is 0 Å². The average Bonchev–Trinajstić information content (AvgIpc) is 2.81. The number of rotatable bonds is 6. The van der Waals surface area contributed by atoms with Crippen LogP contribution in [0.2, 0.25) is 0 Å². The van der Waals surface area contributed by atoms with Crippen LogP contribution in [0.3, 0.4) is 0 Å². The highest BCUT2D eigenvalue weighted by Gasteiger charge is 2.42. The van der Waals surface area contributed by atoms with E-state index in [1.807, 2.05) is 43.3 Å². The van der Waals surface area contributed by atoms with Crippen LogP contribution >= 0.6 is 0 Å². The Morgan fingerprint density at radius 1 is 0.879 bits per heavy atom. The Morgan fingerprint density at radius 2 is 1.45 bits per heavy atom. The van der Waals surface area contributed by atoms with Crippen LogP contribution < -0.4 is 9.47 Å². The van der Waals surface area contributed by atoms with E-state index in [9.17, 15) is 5.11 Å². The van der Waals surface area contributed by atoms with Crippen molar-refractivity contribution in [3.8, 4) is 11.5 Å². The van der Waals surface area contributed by atoms with Gasteiger partial charge in [-0.1, -0.05) is 60.7 Å². The monoisotopic (exact) mass is 443 g/mol. The highest BCUT2D eigenvalue weighted by atomic mass is 16.5. The summed E-state index contributed by atoms with van der Waals surface area (Å²) in [5, 5.41) is 10.9. The van der Waals surface area contributed by atoms with Crippen LogP contribution in [-0.4, -0.2) is 28.2 Å². The molecule has 2 aliphatic rings. The van der Waals surface area contributed by atoms with Crippen molar-refractivity contribution in [1.82, 2.24) is 4.90 Å². The maximum atomic E-state index is 10.9. The lowest BCUT2D eigenvalue weighted by Crippen LogP contribution is -2.52. The summed E-state index contributed by atoms with van der Waals surface area (Å²) in [6.07, 6.45) is 2.54. The highest BCUT2D eigenvalue weighted by Crippen LogP contribution is 2.46. The lowest BCUT2D eigenvalue weighted by Gasteiger charge is -2.49. The molecule has 3 atom stereocenters. The molecule has 0 saturated carbocycles. The zero-order valence-corrected chi connectivity index (χ0v) is 19.5. The Balaban J connectivity index is 1.46. The number of ether oxygens (including phenoxy) is 2. The van der Waals surface area contributed by atoms with Gasteiger partial charge in [0.1, 0.15) is 13.2 Å². The summed E-state index contributed by atoms with van der Waals surface area (Å²) < 4.78 is 12.6. The van der Waals surface area contributed by atoms with E-state index in [0.717, 1.165) is 48.4 Å². The Hall–Kier alpha value is -2.82. The van der Waals surface area contributed by atoms with Crippen LogP contribution in [0.4, 0.5) is 0 Å². The molecule has 33 heavy (non-hydrogen) atoms. The molecule has 0 aliphatic carbocycles. The molecule has 5 rings (SSSR count). The summed E-state index contributed by atoms with van der Waals surface area (Å²) in [4.78, 5) is 2.55. The van der Waals surface area contributed by atoms with Gasteiger partial charge in [0, 0.05) is 18.6 Å². The molecule has 3 aromatic carbocycles. The third kappa shape index (κ3) is 4.92. The minimum absolute atomic E-state index is 0.203. The first-order valence-electron chi connectivity index (χ1n) is 12.0. The van der Waals surface area contributed by atoms with Gasteiger partial charge in [0.25, 0.3) is 0 Å². The predicted molar refractivity (Wildman–Crippen MR) is 130 cm³/mol. The summed E-state index contributed by atoms with van der Waals surface area (Å²) in [5.74, 6) is 1.56. The summed E-state index contributed by atoms with van der Waals surface area (Å²) in [6.45, 7) is 6.21. The largest absolute Gasteiger partial charge is 0.485 e. The van der Waals surface area contributed by atoms with Gasteiger partial charge in [-0.3, -0.25) is 4.90 Å². The van der Waals surface area contributed by atoms with Gasteiger partial charge in [0.15, 0.2) is 11.5 Å². The molecule has 0 amide bonds. The van der Waals surface area contributed by atoms with Gasteiger partial charge in [0.05, 0.1) is 5.60 Å². The Morgan fingerprint density at radius 3 is 2.06 bits per heavy atom. The second-order valence-electron chi connectivity index (χ2n) is 9.80. The van der Waals surface area contributed by atoms with Crippen molar-refractivity contribution in [2.75, 3.05) is 6.54 Å². The predicted octanol–water partition coefficient (Wildman–Crippen LogP) is 5.68. The van der Waals surface area contributed by atoms with E-state index in [1.165, 1.54) is 11.1 Å². The standard InChI is InChI=1S/C29H33NO3/c1-21-17-29(2,31)18-26-25-16-28(33-20-23-11-7-4-8-12-23)27(15-24(25)13-14-30(21)26)32-19-22-9-5-3-6-10-22/h3-12,15-16,21,26,31H,13-14,17-20H2,1-2H3/t21-,26+,29-/m1/s1. The second kappa shape index (κ2) is 9.20. The topological polar surface area (TPSA) is 41.9 Å². The van der Waals surface area contributed by atoms with Crippen LogP contribution in [0, 0.1) is 0 Å². The number of aliphatic hydroxyl groups is 1. The lowest BCUT2D eigenvalue weighted by atomic mass is 9.77. The zero-order valence-electron chi connectivity index (χ0n) is 19.5. The van der Waals surface area contributed by atoms with E-state index in [2.05, 4.69) is 48.2 Å². The average molecular weight is 444 g/mol. The Bertz CT molecular complexity index is 1080. The second-order valence-corrected chi connectivity index (χ2v) is 9.80. The van der Waals surface area contributed by atoms with Gasteiger partial charge < -0.3 is 14.6 Å². The molecule has 4 nitrogen and oxygen atoms in total. The SMILES string of the molecule is C[C@@H]1C[C@@](C)(O)C[C@H]2c3cc(OCc4ccccc4)c(OCc4ccccc4)cc3CCN12. The molecular weight excluding hydrogens is 410 g/mol. The first-order valence-corrected chi connectivity index (χ1v) is 12.0. The lowest BCUT2D eigenvalue weighted by molar-refractivity contribution is -0.0628. The molecule has 0 bridgehead atoms. The molecule has 2 aliphatic heterocycles. The molecule has 1 N–H and O–H groups in total. The van der Waals surface area contributed by atoms with Crippen LogP contribution in [0.1, 0.15) is 55.0 Å². The van der Waals surface area contributed by atoms with Crippen molar-refractivity contribution in [2.24, 2.45) is 0 Å². The van der Waals surface area contributed by atoms with Gasteiger partial charge in [-0.15, -0.1) is 0 Å². The van der Waals surface area contributed by atoms with Gasteiger partial charge in [-0.2, -0.15) is 0 Å². The molecule has 1 fully saturated rings. The summed E-state index contributed by atoms with van der Waals surface area (Å²) in [5.41, 5.74) is 4.18. The smallest absolute Gasteiger partial charge is 0.162 e. The molecule has 3 aromatic rings. The number of nitrogens with zero attached hydrogens (tertiary/aromatic N) is 1. The van der Waals surface area contributed by atoms with Crippen molar-refractivity contribution in [1.29, 1.82) is 0 Å². The van der Waals surface area contributed by atoms with Crippen LogP contribution in [0.25, 0.3) is 0 Å². The first-order chi connectivity index (χ1) is 16.0. The Labute approximate surface area is 196 Å². The molecule has 0 aromatic heterocycles. The van der Waals surface area contributed by atoms with E-state index in [4.69, 9.17) is 9.47 Å². The van der Waals surface area contributed by atoms with Crippen molar-refractivity contribution < 1.29 is 14.6 Å². The Kier molecular flexibility index (Phi) is 6.13. The van der Waals surface area contributed by atoms with E-state index < -0.39 is 5.60 Å². The first kappa shape index (κ1) is 22.0. The minimum atomic E-state index is -0.650. The van der Waals surface area contributed by atoms with Crippen molar-refractivity contribution in [3.05, 3.63) is 95.1 Å². The molecule has 2 heterocycles. The number of benzene rings is 3. The summed E-state index contributed by atoms with van der Waals surface area (Å²) in [7, 11) is 0.